The van der Waals surface area contributed by atoms with Crippen molar-refractivity contribution in [1.29, 1.82) is 0 Å². The molecule has 0 aromatic heterocycles. The molecular weight excluding hydrogens is 508 g/mol. The van der Waals surface area contributed by atoms with Gasteiger partial charge in [0.15, 0.2) is 5.78 Å². The standard InChI is InChI=1S/C32H32N2O4S/c1-22-13-19-27(20-14-22)39(37,38)34(5)29-12-7-6-11-28(29)31(36)33-26-10-8-9-24(21-26)30(35)23-15-17-25(18-16-23)32(2,3)4/h6-21H,1-5H3,(H,33,36). The number of hydrogen-bond donors (Lipinski definition) is 1. The van der Waals surface area contributed by atoms with Gasteiger partial charge in [0.25, 0.3) is 15.9 Å². The quantitative estimate of drug-likeness (QED) is 0.268. The molecule has 0 radical (unpaired) electrons. The van der Waals surface area contributed by atoms with Gasteiger partial charge in [-0.3, -0.25) is 13.9 Å². The van der Waals surface area contributed by atoms with Gasteiger partial charge < -0.3 is 5.32 Å². The lowest BCUT2D eigenvalue weighted by Crippen LogP contribution is -2.29. The number of anilines is 2. The summed E-state index contributed by atoms with van der Waals surface area (Å²) in [4.78, 5) is 26.6. The van der Waals surface area contributed by atoms with Gasteiger partial charge in [0.1, 0.15) is 0 Å². The maximum atomic E-state index is 13.3. The second kappa shape index (κ2) is 10.9. The van der Waals surface area contributed by atoms with Crippen LogP contribution < -0.4 is 9.62 Å². The number of carbonyl (C=O) groups is 2. The summed E-state index contributed by atoms with van der Waals surface area (Å²) < 4.78 is 27.6. The van der Waals surface area contributed by atoms with Crippen molar-refractivity contribution in [3.05, 3.63) is 125 Å². The van der Waals surface area contributed by atoms with Crippen molar-refractivity contribution in [3.8, 4) is 0 Å². The van der Waals surface area contributed by atoms with Gasteiger partial charge in [-0.05, 0) is 54.3 Å². The number of hydrogen-bond acceptors (Lipinski definition) is 4. The topological polar surface area (TPSA) is 83.6 Å². The highest BCUT2D eigenvalue weighted by atomic mass is 32.2. The van der Waals surface area contributed by atoms with E-state index in [0.29, 0.717) is 16.8 Å². The van der Waals surface area contributed by atoms with Crippen molar-refractivity contribution in [3.63, 3.8) is 0 Å². The third-order valence-corrected chi connectivity index (χ3v) is 8.35. The molecule has 0 heterocycles. The van der Waals surface area contributed by atoms with Crippen LogP contribution in [-0.2, 0) is 15.4 Å². The van der Waals surface area contributed by atoms with Crippen LogP contribution in [0.1, 0.15) is 58.2 Å². The lowest BCUT2D eigenvalue weighted by atomic mass is 9.86. The number of sulfonamides is 1. The Labute approximate surface area is 230 Å². The molecule has 4 rings (SSSR count). The van der Waals surface area contributed by atoms with Gasteiger partial charge in [-0.1, -0.05) is 87.0 Å². The van der Waals surface area contributed by atoms with E-state index < -0.39 is 15.9 Å². The smallest absolute Gasteiger partial charge is 0.264 e. The summed E-state index contributed by atoms with van der Waals surface area (Å²) in [5, 5.41) is 2.82. The molecule has 0 aliphatic carbocycles. The Morgan fingerprint density at radius 2 is 1.41 bits per heavy atom. The first-order valence-electron chi connectivity index (χ1n) is 12.6. The molecule has 0 unspecified atom stereocenters. The molecule has 39 heavy (non-hydrogen) atoms. The molecule has 1 amide bonds. The predicted molar refractivity (Wildman–Crippen MR) is 156 cm³/mol. The van der Waals surface area contributed by atoms with Gasteiger partial charge in [0, 0.05) is 23.9 Å². The van der Waals surface area contributed by atoms with E-state index in [-0.39, 0.29) is 27.3 Å². The Kier molecular flexibility index (Phi) is 7.74. The minimum atomic E-state index is -3.89. The van der Waals surface area contributed by atoms with E-state index in [1.807, 2.05) is 31.2 Å². The number of carbonyl (C=O) groups excluding carboxylic acids is 2. The lowest BCUT2D eigenvalue weighted by molar-refractivity contribution is 0.102. The number of ketones is 1. The highest BCUT2D eigenvalue weighted by Crippen LogP contribution is 2.27. The fraction of sp³-hybridized carbons (Fsp3) is 0.188. The summed E-state index contributed by atoms with van der Waals surface area (Å²) in [6, 6.07) is 27.3. The van der Waals surface area contributed by atoms with Crippen LogP contribution in [0.5, 0.6) is 0 Å². The zero-order chi connectivity index (χ0) is 28.4. The molecule has 0 fully saturated rings. The Balaban J connectivity index is 1.57. The average molecular weight is 541 g/mol. The Morgan fingerprint density at radius 1 is 0.769 bits per heavy atom. The minimum absolute atomic E-state index is 0.0182. The maximum Gasteiger partial charge on any atom is 0.264 e. The van der Waals surface area contributed by atoms with Crippen LogP contribution in [0.15, 0.2) is 102 Å². The number of benzene rings is 4. The number of nitrogens with zero attached hydrogens (tertiary/aromatic N) is 1. The Bertz CT molecular complexity index is 1620. The van der Waals surface area contributed by atoms with E-state index in [2.05, 4.69) is 26.1 Å². The van der Waals surface area contributed by atoms with Gasteiger partial charge in [-0.2, -0.15) is 0 Å². The molecule has 7 heteroatoms. The summed E-state index contributed by atoms with van der Waals surface area (Å²) in [6.07, 6.45) is 0. The number of aryl methyl sites for hydroxylation is 1. The second-order valence-electron chi connectivity index (χ2n) is 10.5. The van der Waals surface area contributed by atoms with Crippen LogP contribution in [0.3, 0.4) is 0 Å². The van der Waals surface area contributed by atoms with Crippen molar-refractivity contribution in [2.45, 2.75) is 38.0 Å². The van der Waals surface area contributed by atoms with Crippen molar-refractivity contribution in [2.75, 3.05) is 16.7 Å². The van der Waals surface area contributed by atoms with E-state index in [4.69, 9.17) is 0 Å². The lowest BCUT2D eigenvalue weighted by Gasteiger charge is -2.22. The van der Waals surface area contributed by atoms with Crippen LogP contribution in [0, 0.1) is 6.92 Å². The van der Waals surface area contributed by atoms with Crippen LogP contribution in [-0.4, -0.2) is 27.2 Å². The van der Waals surface area contributed by atoms with Crippen molar-refractivity contribution >= 4 is 33.1 Å². The van der Waals surface area contributed by atoms with Gasteiger partial charge in [0.2, 0.25) is 0 Å². The molecule has 1 N–H and O–H groups in total. The van der Waals surface area contributed by atoms with Crippen molar-refractivity contribution < 1.29 is 18.0 Å². The summed E-state index contributed by atoms with van der Waals surface area (Å²) in [5.74, 6) is -0.647. The molecule has 0 bridgehead atoms. The molecule has 4 aromatic carbocycles. The van der Waals surface area contributed by atoms with Crippen LogP contribution >= 0.6 is 0 Å². The van der Waals surface area contributed by atoms with Gasteiger partial charge in [0.05, 0.1) is 16.1 Å². The summed E-state index contributed by atoms with van der Waals surface area (Å²) in [7, 11) is -2.47. The van der Waals surface area contributed by atoms with Crippen LogP contribution in [0.2, 0.25) is 0 Å². The molecule has 0 saturated carbocycles. The molecule has 0 spiro atoms. The first kappa shape index (κ1) is 27.8. The van der Waals surface area contributed by atoms with Gasteiger partial charge in [-0.15, -0.1) is 0 Å². The Hall–Kier alpha value is -4.23. The van der Waals surface area contributed by atoms with Crippen molar-refractivity contribution in [1.82, 2.24) is 0 Å². The SMILES string of the molecule is Cc1ccc(S(=O)(=O)N(C)c2ccccc2C(=O)Nc2cccc(C(=O)c3ccc(C(C)(C)C)cc3)c2)cc1. The molecule has 200 valence electrons. The number of rotatable bonds is 7. The summed E-state index contributed by atoms with van der Waals surface area (Å²) >= 11 is 0. The molecule has 0 aliphatic rings. The molecule has 6 nitrogen and oxygen atoms in total. The number of para-hydroxylation sites is 1. The average Bonchev–Trinajstić information content (AvgIpc) is 2.92. The third-order valence-electron chi connectivity index (χ3n) is 6.56. The fourth-order valence-corrected chi connectivity index (χ4v) is 5.38. The highest BCUT2D eigenvalue weighted by molar-refractivity contribution is 7.92. The monoisotopic (exact) mass is 540 g/mol. The molecule has 0 aliphatic heterocycles. The fourth-order valence-electron chi connectivity index (χ4n) is 4.16. The first-order chi connectivity index (χ1) is 18.4. The number of amides is 1. The molecule has 0 atom stereocenters. The van der Waals surface area contributed by atoms with E-state index in [9.17, 15) is 18.0 Å². The summed E-state index contributed by atoms with van der Waals surface area (Å²) in [6.45, 7) is 8.22. The zero-order valence-electron chi connectivity index (χ0n) is 22.7. The molecular formula is C32H32N2O4S. The summed E-state index contributed by atoms with van der Waals surface area (Å²) in [5.41, 5.74) is 3.90. The van der Waals surface area contributed by atoms with E-state index >= 15 is 0 Å². The maximum absolute atomic E-state index is 13.3. The predicted octanol–water partition coefficient (Wildman–Crippen LogP) is 6.60. The van der Waals surface area contributed by atoms with E-state index in [1.165, 1.54) is 7.05 Å². The Morgan fingerprint density at radius 3 is 2.05 bits per heavy atom. The third kappa shape index (κ3) is 6.10. The van der Waals surface area contributed by atoms with Crippen molar-refractivity contribution in [2.24, 2.45) is 0 Å². The van der Waals surface area contributed by atoms with E-state index in [0.717, 1.165) is 15.4 Å². The van der Waals surface area contributed by atoms with Crippen LogP contribution in [0.25, 0.3) is 0 Å². The molecule has 0 saturated heterocycles. The second-order valence-corrected chi connectivity index (χ2v) is 12.5. The van der Waals surface area contributed by atoms with Gasteiger partial charge >= 0.3 is 0 Å². The largest absolute Gasteiger partial charge is 0.322 e. The minimum Gasteiger partial charge on any atom is -0.322 e. The van der Waals surface area contributed by atoms with Gasteiger partial charge in [-0.25, -0.2) is 8.42 Å². The first-order valence-corrected chi connectivity index (χ1v) is 14.0. The number of nitrogens with one attached hydrogen (secondary N) is 1. The molecule has 4 aromatic rings. The highest BCUT2D eigenvalue weighted by Gasteiger charge is 2.25. The zero-order valence-corrected chi connectivity index (χ0v) is 23.5. The normalized spacial score (nSPS) is 11.6. The van der Waals surface area contributed by atoms with Crippen LogP contribution in [0.4, 0.5) is 11.4 Å². The van der Waals surface area contributed by atoms with E-state index in [1.54, 1.807) is 72.8 Å².